The Balaban J connectivity index is 2.80. The number of benzene rings is 1. The maximum absolute atomic E-state index is 12.7. The highest BCUT2D eigenvalue weighted by molar-refractivity contribution is 5.97. The Morgan fingerprint density at radius 3 is 2.52 bits per heavy atom. The lowest BCUT2D eigenvalue weighted by Crippen LogP contribution is -2.43. The van der Waals surface area contributed by atoms with Gasteiger partial charge in [-0.3, -0.25) is 4.79 Å². The molecule has 1 aromatic rings. The van der Waals surface area contributed by atoms with Crippen LogP contribution in [0.15, 0.2) is 18.2 Å². The lowest BCUT2D eigenvalue weighted by Gasteiger charge is -2.29. The largest absolute Gasteiger partial charge is 0.496 e. The van der Waals surface area contributed by atoms with Gasteiger partial charge in [0.25, 0.3) is 5.91 Å². The minimum absolute atomic E-state index is 0.0772. The molecule has 0 saturated carbocycles. The van der Waals surface area contributed by atoms with Crippen LogP contribution in [0.5, 0.6) is 5.75 Å². The number of nitrogens with one attached hydrogen (secondary N) is 1. The van der Waals surface area contributed by atoms with E-state index >= 15 is 0 Å². The van der Waals surface area contributed by atoms with Crippen LogP contribution in [0, 0.1) is 6.92 Å². The Morgan fingerprint density at radius 1 is 1.22 bits per heavy atom. The number of hydrogen-bond acceptors (Lipinski definition) is 3. The molecule has 0 fully saturated rings. The van der Waals surface area contributed by atoms with Crippen LogP contribution in [-0.2, 0) is 9.53 Å². The number of carbonyl (C=O) groups is 1. The van der Waals surface area contributed by atoms with Gasteiger partial charge in [0.2, 0.25) is 0 Å². The molecule has 1 amide bonds. The normalized spacial score (nSPS) is 13.4. The van der Waals surface area contributed by atoms with Gasteiger partial charge in [0.1, 0.15) is 11.4 Å². The van der Waals surface area contributed by atoms with Gasteiger partial charge in [-0.1, -0.05) is 33.1 Å². The molecule has 1 atom stereocenters. The van der Waals surface area contributed by atoms with Gasteiger partial charge >= 0.3 is 0 Å². The fourth-order valence-electron chi connectivity index (χ4n) is 2.51. The number of carbonyl (C=O) groups excluding carboxylic acids is 1. The summed E-state index contributed by atoms with van der Waals surface area (Å²) in [6, 6.07) is 5.64. The van der Waals surface area contributed by atoms with Crippen LogP contribution in [0.4, 0.5) is 5.69 Å². The van der Waals surface area contributed by atoms with E-state index in [9.17, 15) is 4.79 Å². The predicted octanol–water partition coefficient (Wildman–Crippen LogP) is 4.71. The lowest BCUT2D eigenvalue weighted by molar-refractivity contribution is -0.140. The number of ether oxygens (including phenoxy) is 2. The first-order valence-electron chi connectivity index (χ1n) is 8.57. The Morgan fingerprint density at radius 2 is 1.96 bits per heavy atom. The van der Waals surface area contributed by atoms with Crippen molar-refractivity contribution in [1.82, 2.24) is 0 Å². The first kappa shape index (κ1) is 19.5. The van der Waals surface area contributed by atoms with Crippen molar-refractivity contribution in [2.24, 2.45) is 0 Å². The fraction of sp³-hybridized carbons (Fsp3) is 0.632. The summed E-state index contributed by atoms with van der Waals surface area (Å²) >= 11 is 0. The molecular formula is C19H31NO3. The molecule has 0 aliphatic carbocycles. The highest BCUT2D eigenvalue weighted by Crippen LogP contribution is 2.25. The van der Waals surface area contributed by atoms with E-state index in [0.717, 1.165) is 49.1 Å². The van der Waals surface area contributed by atoms with E-state index in [1.165, 1.54) is 0 Å². The van der Waals surface area contributed by atoms with Crippen molar-refractivity contribution in [3.05, 3.63) is 23.8 Å². The smallest absolute Gasteiger partial charge is 0.256 e. The second kappa shape index (κ2) is 9.56. The zero-order valence-electron chi connectivity index (χ0n) is 15.2. The summed E-state index contributed by atoms with van der Waals surface area (Å²) in [6.07, 6.45) is 4.87. The summed E-state index contributed by atoms with van der Waals surface area (Å²) in [5.41, 5.74) is 0.988. The summed E-state index contributed by atoms with van der Waals surface area (Å²) in [5.74, 6) is 0.738. The predicted molar refractivity (Wildman–Crippen MR) is 95.2 cm³/mol. The molecule has 0 heterocycles. The van der Waals surface area contributed by atoms with E-state index in [0.29, 0.717) is 6.61 Å². The Bertz CT molecular complexity index is 501. The Labute approximate surface area is 140 Å². The van der Waals surface area contributed by atoms with Crippen LogP contribution in [-0.4, -0.2) is 25.2 Å². The number of methoxy groups -OCH3 is 1. The summed E-state index contributed by atoms with van der Waals surface area (Å²) in [7, 11) is 1.64. The van der Waals surface area contributed by atoms with Crippen molar-refractivity contribution in [2.45, 2.75) is 65.4 Å². The van der Waals surface area contributed by atoms with Crippen LogP contribution in [0.25, 0.3) is 0 Å². The van der Waals surface area contributed by atoms with Gasteiger partial charge in [-0.25, -0.2) is 0 Å². The van der Waals surface area contributed by atoms with Crippen molar-refractivity contribution < 1.29 is 14.3 Å². The van der Waals surface area contributed by atoms with Crippen LogP contribution in [0.1, 0.15) is 58.4 Å². The fourth-order valence-corrected chi connectivity index (χ4v) is 2.51. The van der Waals surface area contributed by atoms with Crippen molar-refractivity contribution in [2.75, 3.05) is 19.0 Å². The number of rotatable bonds is 10. The molecule has 1 N–H and O–H groups in total. The molecule has 0 saturated heterocycles. The molecule has 0 spiro atoms. The van der Waals surface area contributed by atoms with Crippen LogP contribution in [0.2, 0.25) is 0 Å². The van der Waals surface area contributed by atoms with E-state index in [2.05, 4.69) is 19.2 Å². The molecule has 1 aromatic carbocycles. The average molecular weight is 321 g/mol. The number of amides is 1. The minimum Gasteiger partial charge on any atom is -0.496 e. The topological polar surface area (TPSA) is 47.6 Å². The number of hydrogen-bond donors (Lipinski definition) is 1. The average Bonchev–Trinajstić information content (AvgIpc) is 2.53. The molecule has 1 rings (SSSR count). The number of aryl methyl sites for hydroxylation is 1. The first-order valence-corrected chi connectivity index (χ1v) is 8.57. The van der Waals surface area contributed by atoms with Crippen molar-refractivity contribution in [3.8, 4) is 5.75 Å². The summed E-state index contributed by atoms with van der Waals surface area (Å²) in [5, 5.41) is 2.99. The van der Waals surface area contributed by atoms with Crippen LogP contribution < -0.4 is 10.1 Å². The van der Waals surface area contributed by atoms with Crippen molar-refractivity contribution in [3.63, 3.8) is 0 Å². The molecule has 0 aliphatic rings. The third-order valence-electron chi connectivity index (χ3n) is 4.02. The van der Waals surface area contributed by atoms with Crippen LogP contribution >= 0.6 is 0 Å². The molecule has 130 valence electrons. The molecule has 0 bridgehead atoms. The summed E-state index contributed by atoms with van der Waals surface area (Å²) in [6.45, 7) is 8.66. The van der Waals surface area contributed by atoms with Gasteiger partial charge in [0.15, 0.2) is 0 Å². The lowest BCUT2D eigenvalue weighted by atomic mass is 9.96. The van der Waals surface area contributed by atoms with Gasteiger partial charge in [0, 0.05) is 12.3 Å². The van der Waals surface area contributed by atoms with E-state index in [1.807, 2.05) is 32.0 Å². The van der Waals surface area contributed by atoms with Gasteiger partial charge in [-0.15, -0.1) is 0 Å². The third kappa shape index (κ3) is 5.87. The molecule has 0 aromatic heterocycles. The molecule has 1 unspecified atom stereocenters. The van der Waals surface area contributed by atoms with E-state index in [1.54, 1.807) is 7.11 Å². The molecule has 0 radical (unpaired) electrons. The van der Waals surface area contributed by atoms with Crippen molar-refractivity contribution in [1.29, 1.82) is 0 Å². The molecule has 23 heavy (non-hydrogen) atoms. The number of anilines is 1. The second-order valence-electron chi connectivity index (χ2n) is 6.17. The molecule has 4 nitrogen and oxygen atoms in total. The van der Waals surface area contributed by atoms with Gasteiger partial charge in [-0.2, -0.15) is 0 Å². The number of unbranched alkanes of at least 4 members (excludes halogenated alkanes) is 2. The monoisotopic (exact) mass is 321 g/mol. The minimum atomic E-state index is -0.779. The maximum Gasteiger partial charge on any atom is 0.256 e. The Kier molecular flexibility index (Phi) is 8.10. The molecule has 4 heteroatoms. The second-order valence-corrected chi connectivity index (χ2v) is 6.17. The molecule has 0 aliphatic heterocycles. The van der Waals surface area contributed by atoms with Crippen LogP contribution in [0.3, 0.4) is 0 Å². The highest BCUT2D eigenvalue weighted by atomic mass is 16.5. The van der Waals surface area contributed by atoms with E-state index in [4.69, 9.17) is 9.47 Å². The molecular weight excluding hydrogens is 290 g/mol. The van der Waals surface area contributed by atoms with Gasteiger partial charge in [0.05, 0.1) is 7.11 Å². The van der Waals surface area contributed by atoms with Crippen molar-refractivity contribution >= 4 is 11.6 Å². The SMILES string of the molecule is CCCCCC(C)(OCCC)C(=O)Nc1ccc(OC)c(C)c1. The van der Waals surface area contributed by atoms with E-state index in [-0.39, 0.29) is 5.91 Å². The zero-order chi connectivity index (χ0) is 17.3. The standard InChI is InChI=1S/C19H31NO3/c1-6-8-9-12-19(4,23-13-7-2)18(21)20-16-10-11-17(22-5)15(3)14-16/h10-11,14H,6-9,12-13H2,1-5H3,(H,20,21). The maximum atomic E-state index is 12.7. The summed E-state index contributed by atoms with van der Waals surface area (Å²) in [4.78, 5) is 12.7. The van der Waals surface area contributed by atoms with Gasteiger partial charge in [-0.05, 0) is 50.5 Å². The Hall–Kier alpha value is -1.55. The highest BCUT2D eigenvalue weighted by Gasteiger charge is 2.33. The summed E-state index contributed by atoms with van der Waals surface area (Å²) < 4.78 is 11.2. The third-order valence-corrected chi connectivity index (χ3v) is 4.02. The zero-order valence-corrected chi connectivity index (χ0v) is 15.2. The van der Waals surface area contributed by atoms with Gasteiger partial charge < -0.3 is 14.8 Å². The first-order chi connectivity index (χ1) is 11.0. The quantitative estimate of drug-likeness (QED) is 0.635. The van der Waals surface area contributed by atoms with E-state index < -0.39 is 5.60 Å².